The van der Waals surface area contributed by atoms with Gasteiger partial charge in [0.05, 0.1) is 7.11 Å². The van der Waals surface area contributed by atoms with Crippen LogP contribution in [-0.2, 0) is 4.74 Å². The molecule has 0 spiro atoms. The molecular formula is C16H22N2O3. The second-order valence-electron chi connectivity index (χ2n) is 5.50. The third-order valence-electron chi connectivity index (χ3n) is 4.04. The highest BCUT2D eigenvalue weighted by molar-refractivity contribution is 5.94. The van der Waals surface area contributed by atoms with Gasteiger partial charge in [0.2, 0.25) is 0 Å². The third kappa shape index (κ3) is 3.74. The van der Waals surface area contributed by atoms with E-state index in [0.29, 0.717) is 13.1 Å². The van der Waals surface area contributed by atoms with E-state index in [-0.39, 0.29) is 11.9 Å². The number of alkyl carbamates (subject to hydrolysis) is 1. The molecule has 5 heteroatoms. The van der Waals surface area contributed by atoms with Gasteiger partial charge in [-0.1, -0.05) is 6.07 Å². The summed E-state index contributed by atoms with van der Waals surface area (Å²) in [6.07, 6.45) is 1.10. The average molecular weight is 290 g/mol. The van der Waals surface area contributed by atoms with Crippen LogP contribution in [-0.4, -0.2) is 43.1 Å². The summed E-state index contributed by atoms with van der Waals surface area (Å²) in [5.41, 5.74) is 3.05. The molecule has 1 aliphatic rings. The fourth-order valence-corrected chi connectivity index (χ4v) is 2.51. The van der Waals surface area contributed by atoms with Gasteiger partial charge in [0, 0.05) is 24.7 Å². The smallest absolute Gasteiger partial charge is 0.407 e. The Morgan fingerprint density at radius 2 is 1.86 bits per heavy atom. The molecule has 1 aromatic carbocycles. The van der Waals surface area contributed by atoms with Crippen LogP contribution in [0.25, 0.3) is 0 Å². The largest absolute Gasteiger partial charge is 0.453 e. The predicted octanol–water partition coefficient (Wildman–Crippen LogP) is 2.26. The van der Waals surface area contributed by atoms with Crippen LogP contribution < -0.4 is 5.32 Å². The first-order valence-corrected chi connectivity index (χ1v) is 7.22. The van der Waals surface area contributed by atoms with Crippen molar-refractivity contribution >= 4 is 12.0 Å². The van der Waals surface area contributed by atoms with E-state index < -0.39 is 6.09 Å². The van der Waals surface area contributed by atoms with Crippen LogP contribution in [0.1, 0.15) is 34.3 Å². The van der Waals surface area contributed by atoms with E-state index in [9.17, 15) is 9.59 Å². The minimum atomic E-state index is -0.408. The van der Waals surface area contributed by atoms with Gasteiger partial charge in [-0.15, -0.1) is 0 Å². The van der Waals surface area contributed by atoms with Crippen molar-refractivity contribution in [3.8, 4) is 0 Å². The van der Waals surface area contributed by atoms with Crippen LogP contribution in [0.3, 0.4) is 0 Å². The molecule has 2 amide bonds. The zero-order valence-electron chi connectivity index (χ0n) is 12.8. The molecular weight excluding hydrogens is 268 g/mol. The number of likely N-dealkylation sites (tertiary alicyclic amines) is 1. The number of aryl methyl sites for hydroxylation is 2. The van der Waals surface area contributed by atoms with Crippen LogP contribution in [0, 0.1) is 13.8 Å². The zero-order chi connectivity index (χ0) is 15.4. The van der Waals surface area contributed by atoms with Gasteiger partial charge in [-0.25, -0.2) is 4.79 Å². The van der Waals surface area contributed by atoms with Crippen LogP contribution in [0.2, 0.25) is 0 Å². The monoisotopic (exact) mass is 290 g/mol. The van der Waals surface area contributed by atoms with Crippen LogP contribution in [0.4, 0.5) is 4.79 Å². The molecule has 0 aliphatic carbocycles. The predicted molar refractivity (Wildman–Crippen MR) is 80.4 cm³/mol. The van der Waals surface area contributed by atoms with E-state index in [1.807, 2.05) is 36.9 Å². The van der Waals surface area contributed by atoms with Crippen LogP contribution in [0.15, 0.2) is 18.2 Å². The average Bonchev–Trinajstić information content (AvgIpc) is 2.50. The van der Waals surface area contributed by atoms with Gasteiger partial charge in [-0.05, 0) is 49.9 Å². The zero-order valence-corrected chi connectivity index (χ0v) is 12.8. The maximum Gasteiger partial charge on any atom is 0.407 e. The summed E-state index contributed by atoms with van der Waals surface area (Å²) in [5.74, 6) is 0.0645. The van der Waals surface area contributed by atoms with E-state index in [2.05, 4.69) is 10.1 Å². The fourth-order valence-electron chi connectivity index (χ4n) is 2.51. The fraction of sp³-hybridized carbons (Fsp3) is 0.500. The molecule has 1 aromatic rings. The van der Waals surface area contributed by atoms with E-state index >= 15 is 0 Å². The number of hydrogen-bond acceptors (Lipinski definition) is 3. The molecule has 0 radical (unpaired) electrons. The number of hydrogen-bond donors (Lipinski definition) is 1. The summed E-state index contributed by atoms with van der Waals surface area (Å²) in [4.78, 5) is 25.5. The Hall–Kier alpha value is -2.04. The Labute approximate surface area is 125 Å². The van der Waals surface area contributed by atoms with Gasteiger partial charge in [-0.2, -0.15) is 0 Å². The molecule has 0 bridgehead atoms. The molecule has 0 unspecified atom stereocenters. The van der Waals surface area contributed by atoms with E-state index in [4.69, 9.17) is 0 Å². The Morgan fingerprint density at radius 3 is 2.43 bits per heavy atom. The van der Waals surface area contributed by atoms with Crippen LogP contribution >= 0.6 is 0 Å². The van der Waals surface area contributed by atoms with Crippen molar-refractivity contribution in [2.24, 2.45) is 0 Å². The van der Waals surface area contributed by atoms with Crippen molar-refractivity contribution in [2.45, 2.75) is 32.7 Å². The number of ether oxygens (including phenoxy) is 1. The van der Waals surface area contributed by atoms with E-state index in [1.54, 1.807) is 0 Å². The summed E-state index contributed by atoms with van der Waals surface area (Å²) in [6, 6.07) is 5.88. The summed E-state index contributed by atoms with van der Waals surface area (Å²) >= 11 is 0. The van der Waals surface area contributed by atoms with E-state index in [1.165, 1.54) is 12.7 Å². The molecule has 1 fully saturated rings. The van der Waals surface area contributed by atoms with Gasteiger partial charge in [0.1, 0.15) is 0 Å². The molecule has 114 valence electrons. The van der Waals surface area contributed by atoms with Crippen LogP contribution in [0.5, 0.6) is 0 Å². The third-order valence-corrected chi connectivity index (χ3v) is 4.04. The summed E-state index contributed by atoms with van der Waals surface area (Å²) in [5, 5.41) is 2.79. The number of methoxy groups -OCH3 is 1. The molecule has 0 aromatic heterocycles. The Kier molecular flexibility index (Phi) is 4.83. The molecule has 1 heterocycles. The Balaban J connectivity index is 1.93. The maximum atomic E-state index is 12.5. The van der Waals surface area contributed by atoms with Gasteiger partial charge < -0.3 is 15.0 Å². The van der Waals surface area contributed by atoms with Gasteiger partial charge in [-0.3, -0.25) is 4.79 Å². The number of carbonyl (C=O) groups excluding carboxylic acids is 2. The number of nitrogens with one attached hydrogen (secondary N) is 1. The highest BCUT2D eigenvalue weighted by Crippen LogP contribution is 2.16. The first-order chi connectivity index (χ1) is 10.0. The maximum absolute atomic E-state index is 12.5. The van der Waals surface area contributed by atoms with Crippen molar-refractivity contribution in [3.05, 3.63) is 34.9 Å². The van der Waals surface area contributed by atoms with E-state index in [0.717, 1.165) is 24.0 Å². The van der Waals surface area contributed by atoms with Gasteiger partial charge >= 0.3 is 6.09 Å². The van der Waals surface area contributed by atoms with Crippen molar-refractivity contribution in [1.29, 1.82) is 0 Å². The van der Waals surface area contributed by atoms with Crippen molar-refractivity contribution < 1.29 is 14.3 Å². The second-order valence-corrected chi connectivity index (χ2v) is 5.50. The topological polar surface area (TPSA) is 58.6 Å². The molecule has 1 aliphatic heterocycles. The van der Waals surface area contributed by atoms with Crippen molar-refractivity contribution in [2.75, 3.05) is 20.2 Å². The number of benzene rings is 1. The standard InChI is InChI=1S/C16H22N2O3/c1-11-4-5-13(10-12(11)2)15(19)18-8-6-14(7-9-18)17-16(20)21-3/h4-5,10,14H,6-9H2,1-3H3,(H,17,20). The van der Waals surface area contributed by atoms with Crippen molar-refractivity contribution in [1.82, 2.24) is 10.2 Å². The first kappa shape index (κ1) is 15.4. The quantitative estimate of drug-likeness (QED) is 0.909. The number of rotatable bonds is 2. The highest BCUT2D eigenvalue weighted by atomic mass is 16.5. The summed E-state index contributed by atoms with van der Waals surface area (Å²) < 4.78 is 4.59. The van der Waals surface area contributed by atoms with Gasteiger partial charge in [0.15, 0.2) is 0 Å². The molecule has 0 atom stereocenters. The lowest BCUT2D eigenvalue weighted by Crippen LogP contribution is -2.46. The molecule has 5 nitrogen and oxygen atoms in total. The lowest BCUT2D eigenvalue weighted by Gasteiger charge is -2.32. The summed E-state index contributed by atoms with van der Waals surface area (Å²) in [6.45, 7) is 5.35. The Bertz CT molecular complexity index is 534. The number of piperidine rings is 1. The molecule has 2 rings (SSSR count). The SMILES string of the molecule is COC(=O)NC1CCN(C(=O)c2ccc(C)c(C)c2)CC1. The lowest BCUT2D eigenvalue weighted by atomic mass is 10.0. The Morgan fingerprint density at radius 1 is 1.19 bits per heavy atom. The first-order valence-electron chi connectivity index (χ1n) is 7.22. The minimum Gasteiger partial charge on any atom is -0.453 e. The highest BCUT2D eigenvalue weighted by Gasteiger charge is 2.24. The molecule has 1 saturated heterocycles. The van der Waals surface area contributed by atoms with Gasteiger partial charge in [0.25, 0.3) is 5.91 Å². The number of carbonyl (C=O) groups is 2. The lowest BCUT2D eigenvalue weighted by molar-refractivity contribution is 0.0704. The normalized spacial score (nSPS) is 15.7. The number of amides is 2. The number of nitrogens with zero attached hydrogens (tertiary/aromatic N) is 1. The molecule has 0 saturated carbocycles. The van der Waals surface area contributed by atoms with Crippen molar-refractivity contribution in [3.63, 3.8) is 0 Å². The minimum absolute atomic E-state index is 0.0645. The molecule has 1 N–H and O–H groups in total. The molecule has 21 heavy (non-hydrogen) atoms. The summed E-state index contributed by atoms with van der Waals surface area (Å²) in [7, 11) is 1.35. The second kappa shape index (κ2) is 6.61.